The summed E-state index contributed by atoms with van der Waals surface area (Å²) in [5.74, 6) is 0.0981. The van der Waals surface area contributed by atoms with Gasteiger partial charge in [-0.15, -0.1) is 0 Å². The minimum atomic E-state index is -0.921. The molecular formula is C31H37ClFN7O4. The van der Waals surface area contributed by atoms with Crippen molar-refractivity contribution >= 4 is 45.7 Å². The van der Waals surface area contributed by atoms with Crippen LogP contribution >= 0.6 is 11.6 Å². The summed E-state index contributed by atoms with van der Waals surface area (Å²) in [5.41, 5.74) is 1.34. The highest BCUT2D eigenvalue weighted by Crippen LogP contribution is 2.34. The van der Waals surface area contributed by atoms with Crippen LogP contribution in [0, 0.1) is 23.2 Å². The molecule has 234 valence electrons. The smallest absolute Gasteiger partial charge is 0.293 e. The van der Waals surface area contributed by atoms with Crippen molar-refractivity contribution in [3.63, 3.8) is 0 Å². The Morgan fingerprint density at radius 3 is 2.59 bits per heavy atom. The van der Waals surface area contributed by atoms with E-state index >= 15 is 0 Å². The maximum atomic E-state index is 14.5. The van der Waals surface area contributed by atoms with Crippen molar-refractivity contribution in [2.24, 2.45) is 11.8 Å². The molecule has 0 radical (unpaired) electrons. The first kappa shape index (κ1) is 31.5. The zero-order chi connectivity index (χ0) is 31.4. The van der Waals surface area contributed by atoms with Gasteiger partial charge in [0.2, 0.25) is 0 Å². The monoisotopic (exact) mass is 625 g/mol. The number of ether oxygens (including phenoxy) is 2. The van der Waals surface area contributed by atoms with Crippen molar-refractivity contribution in [2.45, 2.75) is 26.6 Å². The molecule has 0 aliphatic carbocycles. The Morgan fingerprint density at radius 2 is 1.91 bits per heavy atom. The van der Waals surface area contributed by atoms with E-state index in [1.54, 1.807) is 16.7 Å². The van der Waals surface area contributed by atoms with Crippen LogP contribution in [0.25, 0.3) is 10.9 Å². The van der Waals surface area contributed by atoms with Crippen molar-refractivity contribution in [3.8, 4) is 11.8 Å². The number of amides is 1. The maximum Gasteiger partial charge on any atom is 0.293 e. The summed E-state index contributed by atoms with van der Waals surface area (Å²) in [4.78, 5) is 34.2. The van der Waals surface area contributed by atoms with Crippen molar-refractivity contribution in [1.82, 2.24) is 19.8 Å². The van der Waals surface area contributed by atoms with E-state index < -0.39 is 6.17 Å². The van der Waals surface area contributed by atoms with Crippen LogP contribution in [0.1, 0.15) is 19.4 Å². The number of pyridine rings is 2. The first-order valence-corrected chi connectivity index (χ1v) is 15.1. The standard InChI is InChI=1S/C31H37ClFN7O4/c1-19-16-39(17-20(2)28(19)33)30-22(15-34)13-24(32)29(37-30)36-23-4-5-25-21(12-23)14-26(44-18-27(41)35-3)31(42)40(25)7-6-38-8-10-43-11-9-38/h4-5,12-14,19-20,28H,6-11,16-18H2,1-3H3,(H,35,41)(H,36,37). The molecule has 1 amide bonds. The number of nitriles is 1. The van der Waals surface area contributed by atoms with Gasteiger partial charge >= 0.3 is 0 Å². The molecule has 44 heavy (non-hydrogen) atoms. The van der Waals surface area contributed by atoms with Gasteiger partial charge in [-0.05, 0) is 30.3 Å². The molecule has 2 atom stereocenters. The number of benzene rings is 1. The number of hydrogen-bond donors (Lipinski definition) is 2. The van der Waals surface area contributed by atoms with Crippen LogP contribution in [0.4, 0.5) is 21.7 Å². The predicted octanol–water partition coefficient (Wildman–Crippen LogP) is 3.55. The lowest BCUT2D eigenvalue weighted by atomic mass is 9.89. The average Bonchev–Trinajstić information content (AvgIpc) is 3.03. The number of rotatable bonds is 9. The lowest BCUT2D eigenvalue weighted by molar-refractivity contribution is -0.122. The van der Waals surface area contributed by atoms with E-state index in [4.69, 9.17) is 26.1 Å². The van der Waals surface area contributed by atoms with Gasteiger partial charge in [0.25, 0.3) is 11.5 Å². The quantitative estimate of drug-likeness (QED) is 0.367. The van der Waals surface area contributed by atoms with Crippen LogP contribution in [-0.4, -0.2) is 86.1 Å². The Balaban J connectivity index is 1.47. The highest BCUT2D eigenvalue weighted by atomic mass is 35.5. The number of piperidine rings is 1. The van der Waals surface area contributed by atoms with Crippen LogP contribution in [0.5, 0.6) is 5.75 Å². The molecule has 0 spiro atoms. The second-order valence-corrected chi connectivity index (χ2v) is 11.8. The number of halogens is 2. The summed E-state index contributed by atoms with van der Waals surface area (Å²) in [5, 5.41) is 16.5. The number of fused-ring (bicyclic) bond motifs is 1. The fourth-order valence-corrected chi connectivity index (χ4v) is 5.98. The minimum absolute atomic E-state index is 0.0662. The number of morpholine rings is 1. The Kier molecular flexibility index (Phi) is 9.88. The Hall–Kier alpha value is -3.92. The van der Waals surface area contributed by atoms with Crippen molar-refractivity contribution in [3.05, 3.63) is 51.3 Å². The fraction of sp³-hybridized carbons (Fsp3) is 0.484. The van der Waals surface area contributed by atoms with Crippen LogP contribution in [0.15, 0.2) is 35.1 Å². The van der Waals surface area contributed by atoms with Gasteiger partial charge in [-0.1, -0.05) is 25.4 Å². The molecule has 11 nitrogen and oxygen atoms in total. The van der Waals surface area contributed by atoms with E-state index in [0.29, 0.717) is 73.2 Å². The molecule has 4 heterocycles. The van der Waals surface area contributed by atoms with E-state index in [0.717, 1.165) is 13.1 Å². The number of aromatic nitrogens is 2. The molecule has 2 aliphatic heterocycles. The first-order valence-electron chi connectivity index (χ1n) is 14.8. The largest absolute Gasteiger partial charge is 0.478 e. The van der Waals surface area contributed by atoms with E-state index in [9.17, 15) is 19.2 Å². The van der Waals surface area contributed by atoms with Gasteiger partial charge in [0.15, 0.2) is 18.2 Å². The van der Waals surface area contributed by atoms with E-state index in [2.05, 4.69) is 21.6 Å². The number of alkyl halides is 1. The van der Waals surface area contributed by atoms with Gasteiger partial charge < -0.3 is 29.6 Å². The second-order valence-electron chi connectivity index (χ2n) is 11.4. The van der Waals surface area contributed by atoms with Crippen molar-refractivity contribution in [2.75, 3.05) is 69.8 Å². The molecule has 0 saturated carbocycles. The third kappa shape index (κ3) is 6.90. The summed E-state index contributed by atoms with van der Waals surface area (Å²) in [6, 6.07) is 10.9. The topological polar surface area (TPSA) is 125 Å². The number of anilines is 3. The third-order valence-corrected chi connectivity index (χ3v) is 8.47. The maximum absolute atomic E-state index is 14.5. The molecule has 2 aliphatic rings. The Bertz CT molecular complexity index is 1610. The van der Waals surface area contributed by atoms with E-state index in [-0.39, 0.29) is 40.7 Å². The summed E-state index contributed by atoms with van der Waals surface area (Å²) in [7, 11) is 1.50. The number of likely N-dealkylation sites (N-methyl/N-ethyl adjacent to an activating group) is 1. The van der Waals surface area contributed by atoms with Crippen LogP contribution < -0.4 is 25.8 Å². The summed E-state index contributed by atoms with van der Waals surface area (Å²) < 4.78 is 27.3. The molecule has 5 rings (SSSR count). The van der Waals surface area contributed by atoms with Gasteiger partial charge in [0.05, 0.1) is 29.3 Å². The molecule has 2 saturated heterocycles. The molecule has 2 N–H and O–H groups in total. The lowest BCUT2D eigenvalue weighted by Crippen LogP contribution is -2.46. The summed E-state index contributed by atoms with van der Waals surface area (Å²) in [6.45, 7) is 8.26. The van der Waals surface area contributed by atoms with Gasteiger partial charge in [-0.3, -0.25) is 14.5 Å². The first-order chi connectivity index (χ1) is 21.2. The molecule has 3 aromatic rings. The molecule has 2 fully saturated rings. The van der Waals surface area contributed by atoms with Crippen molar-refractivity contribution < 1.29 is 18.7 Å². The normalized spacial score (nSPS) is 20.7. The van der Waals surface area contributed by atoms with Crippen LogP contribution in [0.2, 0.25) is 5.02 Å². The second kappa shape index (κ2) is 13.8. The van der Waals surface area contributed by atoms with E-state index in [1.807, 2.05) is 36.9 Å². The summed E-state index contributed by atoms with van der Waals surface area (Å²) >= 11 is 6.57. The number of hydrogen-bond acceptors (Lipinski definition) is 9. The third-order valence-electron chi connectivity index (χ3n) is 8.18. The van der Waals surface area contributed by atoms with Crippen molar-refractivity contribution in [1.29, 1.82) is 5.26 Å². The Labute approximate surface area is 260 Å². The zero-order valence-corrected chi connectivity index (χ0v) is 25.9. The molecule has 13 heteroatoms. The molecule has 0 bridgehead atoms. The van der Waals surface area contributed by atoms with Gasteiger partial charge in [-0.25, -0.2) is 9.37 Å². The highest BCUT2D eigenvalue weighted by molar-refractivity contribution is 6.33. The predicted molar refractivity (Wildman–Crippen MR) is 168 cm³/mol. The SMILES string of the molecule is CNC(=O)COc1cc2cc(Nc3nc(N4CC(C)C(F)C(C)C4)c(C#N)cc3Cl)ccc2n(CCN2CCOCC2)c1=O. The highest BCUT2D eigenvalue weighted by Gasteiger charge is 2.33. The molecular weight excluding hydrogens is 589 g/mol. The Morgan fingerprint density at radius 1 is 1.18 bits per heavy atom. The van der Waals surface area contributed by atoms with Gasteiger partial charge in [0.1, 0.15) is 18.1 Å². The number of carbonyl (C=O) groups excluding carboxylic acids is 1. The average molecular weight is 626 g/mol. The van der Waals surface area contributed by atoms with Gasteiger partial charge in [0, 0.05) is 69.2 Å². The number of nitrogens with one attached hydrogen (secondary N) is 2. The molecule has 2 aromatic heterocycles. The number of nitrogens with zero attached hydrogens (tertiary/aromatic N) is 5. The van der Waals surface area contributed by atoms with Crippen LogP contribution in [-0.2, 0) is 16.1 Å². The molecule has 1 aromatic carbocycles. The zero-order valence-electron chi connectivity index (χ0n) is 25.1. The van der Waals surface area contributed by atoms with Crippen LogP contribution in [0.3, 0.4) is 0 Å². The van der Waals surface area contributed by atoms with E-state index in [1.165, 1.54) is 7.05 Å². The fourth-order valence-electron chi connectivity index (χ4n) is 5.78. The van der Waals surface area contributed by atoms with Gasteiger partial charge in [-0.2, -0.15) is 5.26 Å². The summed E-state index contributed by atoms with van der Waals surface area (Å²) in [6.07, 6.45) is -0.921. The number of carbonyl (C=O) groups is 1. The minimum Gasteiger partial charge on any atom is -0.478 e. The molecule has 2 unspecified atom stereocenters. The lowest BCUT2D eigenvalue weighted by Gasteiger charge is -2.38.